The Kier molecular flexibility index (Phi) is 5.72. The maximum absolute atomic E-state index is 12.7. The molecule has 0 saturated carbocycles. The average Bonchev–Trinajstić information content (AvgIpc) is 3.18. The molecule has 152 valence electrons. The normalized spacial score (nSPS) is 11.0. The third-order valence-electron chi connectivity index (χ3n) is 4.96. The number of thiazole rings is 1. The molecule has 2 aromatic carbocycles. The molecule has 0 saturated heterocycles. The molecule has 0 radical (unpaired) electrons. The molecule has 2 aromatic heterocycles. The van der Waals surface area contributed by atoms with Crippen LogP contribution in [0.5, 0.6) is 0 Å². The molecule has 6 nitrogen and oxygen atoms in total. The van der Waals surface area contributed by atoms with Gasteiger partial charge < -0.3 is 5.32 Å². The van der Waals surface area contributed by atoms with Crippen LogP contribution in [0, 0.1) is 13.8 Å². The minimum absolute atomic E-state index is 0.0371. The quantitative estimate of drug-likeness (QED) is 0.520. The first-order valence-electron chi connectivity index (χ1n) is 9.75. The van der Waals surface area contributed by atoms with Crippen molar-refractivity contribution in [3.63, 3.8) is 0 Å². The molecule has 0 spiro atoms. The van der Waals surface area contributed by atoms with Crippen LogP contribution in [-0.2, 0) is 17.8 Å². The molecule has 4 aromatic rings. The molecule has 7 heteroatoms. The number of amides is 1. The van der Waals surface area contributed by atoms with E-state index in [1.165, 1.54) is 4.57 Å². The molecule has 4 rings (SSSR count). The van der Waals surface area contributed by atoms with Gasteiger partial charge in [0.1, 0.15) is 12.4 Å². The van der Waals surface area contributed by atoms with Gasteiger partial charge in [-0.1, -0.05) is 36.4 Å². The van der Waals surface area contributed by atoms with Crippen LogP contribution in [0.25, 0.3) is 22.2 Å². The van der Waals surface area contributed by atoms with Crippen LogP contribution in [-0.4, -0.2) is 27.0 Å². The predicted octanol–water partition coefficient (Wildman–Crippen LogP) is 3.50. The van der Waals surface area contributed by atoms with Gasteiger partial charge in [-0.05, 0) is 38.0 Å². The maximum atomic E-state index is 12.7. The molecular weight excluding hydrogens is 396 g/mol. The van der Waals surface area contributed by atoms with E-state index in [0.717, 1.165) is 21.8 Å². The average molecular weight is 419 g/mol. The van der Waals surface area contributed by atoms with Gasteiger partial charge >= 0.3 is 0 Å². The predicted molar refractivity (Wildman–Crippen MR) is 120 cm³/mol. The lowest BCUT2D eigenvalue weighted by Gasteiger charge is -2.11. The number of fused-ring (bicyclic) bond motifs is 1. The summed E-state index contributed by atoms with van der Waals surface area (Å²) in [5, 5.41) is 6.51. The van der Waals surface area contributed by atoms with Gasteiger partial charge in [0.2, 0.25) is 5.91 Å². The van der Waals surface area contributed by atoms with E-state index in [2.05, 4.69) is 44.9 Å². The zero-order valence-corrected chi connectivity index (χ0v) is 17.7. The van der Waals surface area contributed by atoms with E-state index < -0.39 is 0 Å². The minimum atomic E-state index is -0.202. The summed E-state index contributed by atoms with van der Waals surface area (Å²) in [7, 11) is 0. The van der Waals surface area contributed by atoms with E-state index in [0.29, 0.717) is 29.7 Å². The second-order valence-corrected chi connectivity index (χ2v) is 8.18. The SMILES string of the molecule is Cc1nc(-c2ccc(CCNC(=O)Cn3c(C)nc4ccccc4c3=O)cc2)cs1. The zero-order chi connectivity index (χ0) is 21.1. The van der Waals surface area contributed by atoms with E-state index in [-0.39, 0.29) is 18.0 Å². The molecule has 0 fully saturated rings. The Hall–Kier alpha value is -3.32. The Morgan fingerprint density at radius 1 is 1.07 bits per heavy atom. The summed E-state index contributed by atoms with van der Waals surface area (Å²) in [6, 6.07) is 15.4. The van der Waals surface area contributed by atoms with Crippen LogP contribution >= 0.6 is 11.3 Å². The van der Waals surface area contributed by atoms with Gasteiger partial charge in [0.05, 0.1) is 21.6 Å². The third-order valence-corrected chi connectivity index (χ3v) is 5.73. The van der Waals surface area contributed by atoms with Crippen molar-refractivity contribution in [1.29, 1.82) is 0 Å². The molecule has 0 bridgehead atoms. The number of benzene rings is 2. The van der Waals surface area contributed by atoms with E-state index in [4.69, 9.17) is 0 Å². The number of nitrogens with one attached hydrogen (secondary N) is 1. The highest BCUT2D eigenvalue weighted by atomic mass is 32.1. The van der Waals surface area contributed by atoms with Crippen molar-refractivity contribution in [1.82, 2.24) is 19.9 Å². The number of para-hydroxylation sites is 1. The Morgan fingerprint density at radius 3 is 2.57 bits per heavy atom. The van der Waals surface area contributed by atoms with Crippen LogP contribution in [0.3, 0.4) is 0 Å². The van der Waals surface area contributed by atoms with Crippen molar-refractivity contribution in [3.05, 3.63) is 80.7 Å². The maximum Gasteiger partial charge on any atom is 0.261 e. The summed E-state index contributed by atoms with van der Waals surface area (Å²) < 4.78 is 1.42. The van der Waals surface area contributed by atoms with Crippen molar-refractivity contribution in [2.45, 2.75) is 26.8 Å². The van der Waals surface area contributed by atoms with Crippen molar-refractivity contribution >= 4 is 28.1 Å². The molecule has 0 aliphatic carbocycles. The highest BCUT2D eigenvalue weighted by Gasteiger charge is 2.11. The van der Waals surface area contributed by atoms with Gasteiger partial charge in [0.25, 0.3) is 5.56 Å². The monoisotopic (exact) mass is 418 g/mol. The summed E-state index contributed by atoms with van der Waals surface area (Å²) in [6.07, 6.45) is 0.714. The molecule has 1 N–H and O–H groups in total. The van der Waals surface area contributed by atoms with Crippen molar-refractivity contribution in [2.75, 3.05) is 6.54 Å². The van der Waals surface area contributed by atoms with Gasteiger partial charge in [-0.2, -0.15) is 0 Å². The fourth-order valence-electron chi connectivity index (χ4n) is 3.35. The molecule has 30 heavy (non-hydrogen) atoms. The Morgan fingerprint density at radius 2 is 1.83 bits per heavy atom. The Bertz CT molecular complexity index is 1260. The topological polar surface area (TPSA) is 76.9 Å². The number of rotatable bonds is 6. The summed E-state index contributed by atoms with van der Waals surface area (Å²) in [4.78, 5) is 34.0. The van der Waals surface area contributed by atoms with Gasteiger partial charge in [-0.15, -0.1) is 11.3 Å². The van der Waals surface area contributed by atoms with E-state index in [1.54, 1.807) is 36.5 Å². The van der Waals surface area contributed by atoms with Gasteiger partial charge in [-0.25, -0.2) is 9.97 Å². The summed E-state index contributed by atoms with van der Waals surface area (Å²) >= 11 is 1.64. The standard InChI is InChI=1S/C23H22N4O2S/c1-15-25-20-6-4-3-5-19(20)23(29)27(15)13-22(28)24-12-11-17-7-9-18(10-8-17)21-14-30-16(2)26-21/h3-10,14H,11-13H2,1-2H3,(H,24,28). The second kappa shape index (κ2) is 8.59. The summed E-state index contributed by atoms with van der Waals surface area (Å²) in [5.74, 6) is 0.327. The van der Waals surface area contributed by atoms with E-state index >= 15 is 0 Å². The summed E-state index contributed by atoms with van der Waals surface area (Å²) in [6.45, 7) is 4.20. The van der Waals surface area contributed by atoms with Gasteiger partial charge in [-0.3, -0.25) is 14.2 Å². The molecule has 1 amide bonds. The molecular formula is C23H22N4O2S. The number of aromatic nitrogens is 3. The highest BCUT2D eigenvalue weighted by molar-refractivity contribution is 7.09. The van der Waals surface area contributed by atoms with Crippen molar-refractivity contribution in [3.8, 4) is 11.3 Å². The molecule has 2 heterocycles. The Balaban J connectivity index is 1.35. The fraction of sp³-hybridized carbons (Fsp3) is 0.217. The minimum Gasteiger partial charge on any atom is -0.354 e. The van der Waals surface area contributed by atoms with Crippen LogP contribution in [0.15, 0.2) is 58.7 Å². The number of aryl methyl sites for hydroxylation is 2. The zero-order valence-electron chi connectivity index (χ0n) is 16.9. The second-order valence-electron chi connectivity index (χ2n) is 7.12. The smallest absolute Gasteiger partial charge is 0.261 e. The number of nitrogens with zero attached hydrogens (tertiary/aromatic N) is 3. The van der Waals surface area contributed by atoms with E-state index in [9.17, 15) is 9.59 Å². The number of hydrogen-bond donors (Lipinski definition) is 1. The number of hydrogen-bond acceptors (Lipinski definition) is 5. The van der Waals surface area contributed by atoms with Gasteiger partial charge in [0, 0.05) is 17.5 Å². The lowest BCUT2D eigenvalue weighted by atomic mass is 10.1. The lowest BCUT2D eigenvalue weighted by Crippen LogP contribution is -2.34. The van der Waals surface area contributed by atoms with Crippen molar-refractivity contribution in [2.24, 2.45) is 0 Å². The number of carbonyl (C=O) groups excluding carboxylic acids is 1. The summed E-state index contributed by atoms with van der Waals surface area (Å²) in [5.41, 5.74) is 3.66. The first-order chi connectivity index (χ1) is 14.5. The first kappa shape index (κ1) is 20.0. The van der Waals surface area contributed by atoms with Crippen LogP contribution < -0.4 is 10.9 Å². The molecule has 0 aliphatic heterocycles. The third kappa shape index (κ3) is 4.31. The van der Waals surface area contributed by atoms with Gasteiger partial charge in [0.15, 0.2) is 0 Å². The van der Waals surface area contributed by atoms with E-state index in [1.807, 2.05) is 13.0 Å². The van der Waals surface area contributed by atoms with Crippen LogP contribution in [0.2, 0.25) is 0 Å². The first-order valence-corrected chi connectivity index (χ1v) is 10.6. The molecule has 0 unspecified atom stereocenters. The number of carbonyl (C=O) groups is 1. The fourth-order valence-corrected chi connectivity index (χ4v) is 3.97. The van der Waals surface area contributed by atoms with Crippen molar-refractivity contribution < 1.29 is 4.79 Å². The largest absolute Gasteiger partial charge is 0.354 e. The molecule has 0 atom stereocenters. The van der Waals surface area contributed by atoms with Crippen LogP contribution in [0.1, 0.15) is 16.4 Å². The Labute approximate surface area is 178 Å². The molecule has 0 aliphatic rings. The highest BCUT2D eigenvalue weighted by Crippen LogP contribution is 2.21. The lowest BCUT2D eigenvalue weighted by molar-refractivity contribution is -0.121. The van der Waals surface area contributed by atoms with Crippen LogP contribution in [0.4, 0.5) is 0 Å².